The monoisotopic (exact) mass is 475 g/mol. The van der Waals surface area contributed by atoms with E-state index in [0.29, 0.717) is 36.7 Å². The number of hydrogen-bond acceptors (Lipinski definition) is 7. The van der Waals surface area contributed by atoms with E-state index in [1.54, 1.807) is 19.2 Å². The van der Waals surface area contributed by atoms with Crippen LogP contribution in [0.5, 0.6) is 0 Å². The summed E-state index contributed by atoms with van der Waals surface area (Å²) >= 11 is 6.23. The number of aryl methyl sites for hydroxylation is 1. The van der Waals surface area contributed by atoms with Gasteiger partial charge in [-0.15, -0.1) is 0 Å². The Labute approximate surface area is 190 Å². The van der Waals surface area contributed by atoms with Crippen molar-refractivity contribution in [3.05, 3.63) is 59.2 Å². The largest absolute Gasteiger partial charge is 0.350 e. The molecule has 11 heteroatoms. The maximum absolute atomic E-state index is 13.3. The highest BCUT2D eigenvalue weighted by molar-refractivity contribution is 7.89. The second kappa shape index (κ2) is 9.35. The number of rotatable bonds is 6. The van der Waals surface area contributed by atoms with Crippen LogP contribution in [0.3, 0.4) is 0 Å². The van der Waals surface area contributed by atoms with Crippen LogP contribution in [0.1, 0.15) is 24.4 Å². The van der Waals surface area contributed by atoms with Crippen LogP contribution < -0.4 is 5.32 Å². The van der Waals surface area contributed by atoms with Crippen LogP contribution >= 0.6 is 11.6 Å². The molecule has 32 heavy (non-hydrogen) atoms. The maximum Gasteiger partial charge on any atom is 0.244 e. The molecule has 3 heterocycles. The Hall–Kier alpha value is -2.82. The van der Waals surface area contributed by atoms with Crippen molar-refractivity contribution in [1.82, 2.24) is 24.7 Å². The zero-order chi connectivity index (χ0) is 22.7. The minimum Gasteiger partial charge on any atom is -0.350 e. The molecule has 0 aliphatic carbocycles. The zero-order valence-corrected chi connectivity index (χ0v) is 18.9. The lowest BCUT2D eigenvalue weighted by molar-refractivity contribution is -0.126. The van der Waals surface area contributed by atoms with Gasteiger partial charge in [0, 0.05) is 37.7 Å². The molecule has 0 unspecified atom stereocenters. The van der Waals surface area contributed by atoms with Gasteiger partial charge < -0.3 is 9.84 Å². The van der Waals surface area contributed by atoms with Gasteiger partial charge in [-0.05, 0) is 43.2 Å². The van der Waals surface area contributed by atoms with Crippen molar-refractivity contribution in [2.24, 2.45) is 5.92 Å². The fourth-order valence-electron chi connectivity index (χ4n) is 3.58. The van der Waals surface area contributed by atoms with E-state index in [2.05, 4.69) is 20.4 Å². The molecular formula is C21H22ClN5O4S. The molecule has 1 N–H and O–H groups in total. The molecule has 0 radical (unpaired) electrons. The molecular weight excluding hydrogens is 454 g/mol. The van der Waals surface area contributed by atoms with E-state index in [9.17, 15) is 13.2 Å². The summed E-state index contributed by atoms with van der Waals surface area (Å²) in [5.74, 6) is 0.316. The Morgan fingerprint density at radius 3 is 2.69 bits per heavy atom. The van der Waals surface area contributed by atoms with Crippen molar-refractivity contribution in [1.29, 1.82) is 0 Å². The van der Waals surface area contributed by atoms with Crippen LogP contribution in [0.2, 0.25) is 5.02 Å². The maximum atomic E-state index is 13.3. The van der Waals surface area contributed by atoms with Crippen molar-refractivity contribution in [3.8, 4) is 11.4 Å². The summed E-state index contributed by atoms with van der Waals surface area (Å²) in [4.78, 5) is 20.8. The van der Waals surface area contributed by atoms with Crippen molar-refractivity contribution >= 4 is 27.5 Å². The van der Waals surface area contributed by atoms with Crippen LogP contribution in [-0.4, -0.2) is 46.8 Å². The molecule has 0 atom stereocenters. The summed E-state index contributed by atoms with van der Waals surface area (Å²) in [6, 6.07) is 10.1. The Morgan fingerprint density at radius 1 is 1.25 bits per heavy atom. The third-order valence-electron chi connectivity index (χ3n) is 5.33. The van der Waals surface area contributed by atoms with Crippen LogP contribution in [0.4, 0.5) is 0 Å². The van der Waals surface area contributed by atoms with Crippen LogP contribution in [0, 0.1) is 12.8 Å². The van der Waals surface area contributed by atoms with E-state index in [1.807, 2.05) is 18.2 Å². The molecule has 0 bridgehead atoms. The first-order chi connectivity index (χ1) is 15.3. The fourth-order valence-corrected chi connectivity index (χ4v) is 5.55. The fraction of sp³-hybridized carbons (Fsp3) is 0.333. The first-order valence-electron chi connectivity index (χ1n) is 10.1. The summed E-state index contributed by atoms with van der Waals surface area (Å²) in [6.07, 6.45) is 2.52. The molecule has 1 fully saturated rings. The number of benzene rings is 1. The standard InChI is InChI=1S/C21H22ClN5O4S/c1-14-25-20(26-31-14)16-5-6-18(22)19(12-16)32(29,30)27-10-7-15(8-11-27)21(28)24-13-17-4-2-3-9-23-17/h2-6,9,12,15H,7-8,10-11,13H2,1H3,(H,24,28). The molecule has 1 aromatic carbocycles. The van der Waals surface area contributed by atoms with E-state index in [4.69, 9.17) is 16.1 Å². The van der Waals surface area contributed by atoms with Gasteiger partial charge in [0.1, 0.15) is 4.90 Å². The molecule has 9 nitrogen and oxygen atoms in total. The lowest BCUT2D eigenvalue weighted by Gasteiger charge is -2.30. The number of halogens is 1. The van der Waals surface area contributed by atoms with Gasteiger partial charge in [0.05, 0.1) is 17.3 Å². The molecule has 1 aliphatic heterocycles. The molecule has 2 aromatic heterocycles. The van der Waals surface area contributed by atoms with Gasteiger partial charge in [0.2, 0.25) is 27.6 Å². The molecule has 168 valence electrons. The molecule has 1 saturated heterocycles. The lowest BCUT2D eigenvalue weighted by Crippen LogP contribution is -2.43. The van der Waals surface area contributed by atoms with Crippen LogP contribution in [0.15, 0.2) is 52.0 Å². The Bertz CT molecular complexity index is 1210. The van der Waals surface area contributed by atoms with E-state index in [-0.39, 0.29) is 34.8 Å². The van der Waals surface area contributed by atoms with Crippen LogP contribution in [0.25, 0.3) is 11.4 Å². The van der Waals surface area contributed by atoms with Gasteiger partial charge in [-0.1, -0.05) is 22.8 Å². The van der Waals surface area contributed by atoms with Crippen molar-refractivity contribution in [2.75, 3.05) is 13.1 Å². The van der Waals surface area contributed by atoms with E-state index < -0.39 is 10.0 Å². The zero-order valence-electron chi connectivity index (χ0n) is 17.4. The predicted octanol–water partition coefficient (Wildman–Crippen LogP) is 2.81. The summed E-state index contributed by atoms with van der Waals surface area (Å²) in [7, 11) is -3.85. The first kappa shape index (κ1) is 22.4. The van der Waals surface area contributed by atoms with Gasteiger partial charge in [-0.2, -0.15) is 9.29 Å². The number of amides is 1. The van der Waals surface area contributed by atoms with Crippen molar-refractivity contribution in [2.45, 2.75) is 31.2 Å². The third kappa shape index (κ3) is 4.82. The van der Waals surface area contributed by atoms with Gasteiger partial charge in [0.15, 0.2) is 0 Å². The van der Waals surface area contributed by atoms with Crippen molar-refractivity contribution in [3.63, 3.8) is 0 Å². The number of aromatic nitrogens is 3. The molecule has 1 amide bonds. The van der Waals surface area contributed by atoms with E-state index in [1.165, 1.54) is 16.4 Å². The highest BCUT2D eigenvalue weighted by Gasteiger charge is 2.33. The normalized spacial score (nSPS) is 15.6. The number of nitrogens with one attached hydrogen (secondary N) is 1. The number of pyridine rings is 1. The summed E-state index contributed by atoms with van der Waals surface area (Å²) in [5, 5.41) is 6.83. The lowest BCUT2D eigenvalue weighted by atomic mass is 9.97. The molecule has 1 aliphatic rings. The van der Waals surface area contributed by atoms with E-state index in [0.717, 1.165) is 5.69 Å². The number of hydrogen-bond donors (Lipinski definition) is 1. The average Bonchev–Trinajstić information content (AvgIpc) is 3.24. The molecule has 0 spiro atoms. The summed E-state index contributed by atoms with van der Waals surface area (Å²) in [6.45, 7) is 2.45. The quantitative estimate of drug-likeness (QED) is 0.582. The van der Waals surface area contributed by atoms with Gasteiger partial charge in [0.25, 0.3) is 0 Å². The molecule has 4 rings (SSSR count). The first-order valence-corrected chi connectivity index (χ1v) is 11.9. The van der Waals surface area contributed by atoms with E-state index >= 15 is 0 Å². The van der Waals surface area contributed by atoms with Gasteiger partial charge >= 0.3 is 0 Å². The minimum atomic E-state index is -3.85. The predicted molar refractivity (Wildman–Crippen MR) is 117 cm³/mol. The average molecular weight is 476 g/mol. The Balaban J connectivity index is 1.42. The van der Waals surface area contributed by atoms with Crippen molar-refractivity contribution < 1.29 is 17.7 Å². The number of nitrogens with zero attached hydrogens (tertiary/aromatic N) is 4. The topological polar surface area (TPSA) is 118 Å². The summed E-state index contributed by atoms with van der Waals surface area (Å²) < 4.78 is 32.8. The third-order valence-corrected chi connectivity index (χ3v) is 7.71. The number of carbonyl (C=O) groups is 1. The highest BCUT2D eigenvalue weighted by Crippen LogP contribution is 2.31. The smallest absolute Gasteiger partial charge is 0.244 e. The number of sulfonamides is 1. The second-order valence-corrected chi connectivity index (χ2v) is 9.81. The molecule has 0 saturated carbocycles. The number of piperidine rings is 1. The van der Waals surface area contributed by atoms with Crippen LogP contribution in [-0.2, 0) is 21.4 Å². The number of carbonyl (C=O) groups excluding carboxylic acids is 1. The summed E-state index contributed by atoms with van der Waals surface area (Å²) in [5.41, 5.74) is 1.26. The SMILES string of the molecule is Cc1nc(-c2ccc(Cl)c(S(=O)(=O)N3CCC(C(=O)NCc4ccccn4)CC3)c2)no1. The second-order valence-electron chi connectivity index (χ2n) is 7.50. The molecule has 3 aromatic rings. The minimum absolute atomic E-state index is 0.0165. The van der Waals surface area contributed by atoms with Gasteiger partial charge in [-0.3, -0.25) is 9.78 Å². The van der Waals surface area contributed by atoms with Gasteiger partial charge in [-0.25, -0.2) is 8.42 Å². The highest BCUT2D eigenvalue weighted by atomic mass is 35.5. The Kier molecular flexibility index (Phi) is 6.54. The Morgan fingerprint density at radius 2 is 2.03 bits per heavy atom.